The van der Waals surface area contributed by atoms with Crippen LogP contribution in [0.4, 0.5) is 0 Å². The molecule has 0 aromatic heterocycles. The number of nitrogens with zero attached hydrogens (tertiary/aromatic N) is 1. The van der Waals surface area contributed by atoms with Gasteiger partial charge in [0.2, 0.25) is 0 Å². The summed E-state index contributed by atoms with van der Waals surface area (Å²) in [7, 11) is 1.85. The summed E-state index contributed by atoms with van der Waals surface area (Å²) >= 11 is 0. The Balaban J connectivity index is 0.00000208. The van der Waals surface area contributed by atoms with Crippen LogP contribution in [0.5, 0.6) is 0 Å². The van der Waals surface area contributed by atoms with Gasteiger partial charge in [0.25, 0.3) is 0 Å². The molecule has 0 spiro atoms. The maximum atomic E-state index is 5.69. The van der Waals surface area contributed by atoms with Crippen LogP contribution in [0.3, 0.4) is 0 Å². The molecule has 2 saturated carbocycles. The van der Waals surface area contributed by atoms with Gasteiger partial charge < -0.3 is 20.1 Å². The quantitative estimate of drug-likeness (QED) is 0.245. The minimum Gasteiger partial charge on any atom is -0.379 e. The van der Waals surface area contributed by atoms with E-state index >= 15 is 0 Å². The van der Waals surface area contributed by atoms with Crippen molar-refractivity contribution in [2.45, 2.75) is 57.5 Å². The van der Waals surface area contributed by atoms with E-state index in [-0.39, 0.29) is 24.0 Å². The molecule has 2 aliphatic carbocycles. The largest absolute Gasteiger partial charge is 0.379 e. The third-order valence-corrected chi connectivity index (χ3v) is 5.71. The molecule has 1 atom stereocenters. The fourth-order valence-electron chi connectivity index (χ4n) is 3.91. The number of ether oxygens (including phenoxy) is 2. The first-order valence-electron chi connectivity index (χ1n) is 9.46. The maximum Gasteiger partial charge on any atom is 0.190 e. The number of nitrogens with one attached hydrogen (secondary N) is 2. The van der Waals surface area contributed by atoms with Crippen LogP contribution < -0.4 is 10.6 Å². The highest BCUT2D eigenvalue weighted by molar-refractivity contribution is 14.0. The summed E-state index contributed by atoms with van der Waals surface area (Å²) < 4.78 is 11.2. The van der Waals surface area contributed by atoms with Gasteiger partial charge in [0.1, 0.15) is 0 Å². The first-order valence-corrected chi connectivity index (χ1v) is 9.46. The van der Waals surface area contributed by atoms with Gasteiger partial charge in [-0.15, -0.1) is 24.0 Å². The second-order valence-electron chi connectivity index (χ2n) is 7.41. The standard InChI is InChI=1S/C18H33N3O2.HI/c1-19-17(21-14-18(8-3-9-18)15-6-7-15)20-10-4-11-22-13-16-5-2-12-23-16;/h15-16H,2-14H2,1H3,(H2,19,20,21);1H. The first kappa shape index (κ1) is 20.2. The Labute approximate surface area is 163 Å². The molecule has 5 nitrogen and oxygen atoms in total. The molecule has 0 radical (unpaired) electrons. The maximum absolute atomic E-state index is 5.69. The van der Waals surface area contributed by atoms with Gasteiger partial charge in [-0.2, -0.15) is 0 Å². The lowest BCUT2D eigenvalue weighted by atomic mass is 9.65. The van der Waals surface area contributed by atoms with E-state index in [1.165, 1.54) is 38.5 Å². The lowest BCUT2D eigenvalue weighted by Gasteiger charge is -2.43. The molecule has 3 fully saturated rings. The fraction of sp³-hybridized carbons (Fsp3) is 0.944. The van der Waals surface area contributed by atoms with Crippen LogP contribution in [0.25, 0.3) is 0 Å². The number of halogens is 1. The van der Waals surface area contributed by atoms with Gasteiger partial charge in [-0.3, -0.25) is 4.99 Å². The topological polar surface area (TPSA) is 54.9 Å². The average molecular weight is 451 g/mol. The van der Waals surface area contributed by atoms with Gasteiger partial charge in [0.05, 0.1) is 12.7 Å². The van der Waals surface area contributed by atoms with Crippen molar-refractivity contribution in [3.05, 3.63) is 0 Å². The molecule has 24 heavy (non-hydrogen) atoms. The minimum atomic E-state index is 0. The number of guanidine groups is 1. The van der Waals surface area contributed by atoms with Crippen LogP contribution in [0.2, 0.25) is 0 Å². The van der Waals surface area contributed by atoms with Gasteiger partial charge in [0.15, 0.2) is 5.96 Å². The smallest absolute Gasteiger partial charge is 0.190 e. The first-order chi connectivity index (χ1) is 11.3. The molecular formula is C18H34IN3O2. The Morgan fingerprint density at radius 3 is 2.62 bits per heavy atom. The molecule has 1 unspecified atom stereocenters. The van der Waals surface area contributed by atoms with Crippen molar-refractivity contribution in [2.24, 2.45) is 16.3 Å². The predicted molar refractivity (Wildman–Crippen MR) is 108 cm³/mol. The van der Waals surface area contributed by atoms with Crippen LogP contribution in [-0.4, -0.2) is 52.0 Å². The molecule has 0 aromatic carbocycles. The van der Waals surface area contributed by atoms with Crippen molar-refractivity contribution >= 4 is 29.9 Å². The summed E-state index contributed by atoms with van der Waals surface area (Å²) in [6, 6.07) is 0. The van der Waals surface area contributed by atoms with Crippen molar-refractivity contribution in [3.8, 4) is 0 Å². The van der Waals surface area contributed by atoms with Crippen LogP contribution in [0, 0.1) is 11.3 Å². The van der Waals surface area contributed by atoms with Crippen molar-refractivity contribution in [1.82, 2.24) is 10.6 Å². The van der Waals surface area contributed by atoms with Crippen molar-refractivity contribution in [3.63, 3.8) is 0 Å². The highest BCUT2D eigenvalue weighted by atomic mass is 127. The molecule has 140 valence electrons. The molecular weight excluding hydrogens is 417 g/mol. The Kier molecular flexibility index (Phi) is 8.57. The average Bonchev–Trinajstić information content (AvgIpc) is 3.24. The van der Waals surface area contributed by atoms with E-state index < -0.39 is 0 Å². The Hall–Kier alpha value is -0.0800. The molecule has 1 saturated heterocycles. The molecule has 0 amide bonds. The zero-order valence-corrected chi connectivity index (χ0v) is 17.3. The third kappa shape index (κ3) is 5.73. The second-order valence-corrected chi connectivity index (χ2v) is 7.41. The van der Waals surface area contributed by atoms with Crippen molar-refractivity contribution < 1.29 is 9.47 Å². The summed E-state index contributed by atoms with van der Waals surface area (Å²) in [5.74, 6) is 1.92. The van der Waals surface area contributed by atoms with E-state index in [2.05, 4.69) is 15.6 Å². The van der Waals surface area contributed by atoms with Gasteiger partial charge in [-0.05, 0) is 56.3 Å². The lowest BCUT2D eigenvalue weighted by molar-refractivity contribution is 0.0168. The molecule has 0 bridgehead atoms. The van der Waals surface area contributed by atoms with Gasteiger partial charge >= 0.3 is 0 Å². The molecule has 3 rings (SSSR count). The van der Waals surface area contributed by atoms with E-state index in [1.54, 1.807) is 0 Å². The van der Waals surface area contributed by atoms with Crippen LogP contribution in [0.1, 0.15) is 51.4 Å². The zero-order valence-electron chi connectivity index (χ0n) is 15.0. The van der Waals surface area contributed by atoms with Gasteiger partial charge in [0, 0.05) is 33.4 Å². The summed E-state index contributed by atoms with van der Waals surface area (Å²) in [6.07, 6.45) is 10.8. The number of hydrogen-bond donors (Lipinski definition) is 2. The molecule has 3 aliphatic rings. The molecule has 0 aromatic rings. The zero-order chi connectivity index (χ0) is 16.0. The SMILES string of the molecule is CN=C(NCCCOCC1CCCO1)NCC1(C2CC2)CCC1.I. The van der Waals surface area contributed by atoms with Gasteiger partial charge in [-0.1, -0.05) is 6.42 Å². The number of rotatable bonds is 9. The minimum absolute atomic E-state index is 0. The summed E-state index contributed by atoms with van der Waals surface area (Å²) in [4.78, 5) is 4.34. The molecule has 2 N–H and O–H groups in total. The van der Waals surface area contributed by atoms with Crippen LogP contribution >= 0.6 is 24.0 Å². The molecule has 6 heteroatoms. The van der Waals surface area contributed by atoms with Crippen LogP contribution in [0.15, 0.2) is 4.99 Å². The Bertz CT molecular complexity index is 392. The van der Waals surface area contributed by atoms with Crippen LogP contribution in [-0.2, 0) is 9.47 Å². The van der Waals surface area contributed by atoms with E-state index in [0.29, 0.717) is 11.5 Å². The van der Waals surface area contributed by atoms with E-state index in [0.717, 1.165) is 57.6 Å². The van der Waals surface area contributed by atoms with Crippen molar-refractivity contribution in [2.75, 3.05) is 40.0 Å². The third-order valence-electron chi connectivity index (χ3n) is 5.71. The Morgan fingerprint density at radius 2 is 2.04 bits per heavy atom. The number of hydrogen-bond acceptors (Lipinski definition) is 3. The fourth-order valence-corrected chi connectivity index (χ4v) is 3.91. The van der Waals surface area contributed by atoms with E-state index in [4.69, 9.17) is 9.47 Å². The highest BCUT2D eigenvalue weighted by Crippen LogP contribution is 2.56. The van der Waals surface area contributed by atoms with Gasteiger partial charge in [-0.25, -0.2) is 0 Å². The predicted octanol–water partition coefficient (Wildman–Crippen LogP) is 2.94. The molecule has 1 aliphatic heterocycles. The molecule has 1 heterocycles. The highest BCUT2D eigenvalue weighted by Gasteiger charge is 2.48. The second kappa shape index (κ2) is 10.2. The number of aliphatic imine (C=N–C) groups is 1. The van der Waals surface area contributed by atoms with Crippen molar-refractivity contribution in [1.29, 1.82) is 0 Å². The summed E-state index contributed by atoms with van der Waals surface area (Å²) in [5.41, 5.74) is 0.585. The van der Waals surface area contributed by atoms with E-state index in [1.807, 2.05) is 7.05 Å². The van der Waals surface area contributed by atoms with E-state index in [9.17, 15) is 0 Å². The normalized spacial score (nSPS) is 25.7. The summed E-state index contributed by atoms with van der Waals surface area (Å²) in [6.45, 7) is 4.43. The lowest BCUT2D eigenvalue weighted by Crippen LogP contribution is -2.47. The summed E-state index contributed by atoms with van der Waals surface area (Å²) in [5, 5.41) is 6.95. The monoisotopic (exact) mass is 451 g/mol. The Morgan fingerprint density at radius 1 is 1.21 bits per heavy atom.